The highest BCUT2D eigenvalue weighted by molar-refractivity contribution is 6.39. The molecule has 0 unspecified atom stereocenters. The van der Waals surface area contributed by atoms with Gasteiger partial charge in [0.25, 0.3) is 0 Å². The van der Waals surface area contributed by atoms with Gasteiger partial charge in [-0.25, -0.2) is 4.79 Å². The molecule has 2 aromatic heterocycles. The topological polar surface area (TPSA) is 106 Å². The van der Waals surface area contributed by atoms with E-state index in [0.29, 0.717) is 52.4 Å². The molecule has 0 spiro atoms. The first kappa shape index (κ1) is 24.9. The van der Waals surface area contributed by atoms with Gasteiger partial charge < -0.3 is 19.5 Å². The third-order valence-electron chi connectivity index (χ3n) is 8.44. The second-order valence-electron chi connectivity index (χ2n) is 10.7. The van der Waals surface area contributed by atoms with Crippen molar-refractivity contribution in [3.05, 3.63) is 69.2 Å². The van der Waals surface area contributed by atoms with Crippen LogP contribution in [0.4, 0.5) is 0 Å². The Morgan fingerprint density at radius 1 is 1.19 bits per heavy atom. The normalized spacial score (nSPS) is 29.0. The fraction of sp³-hybridized carbons (Fsp3) is 0.464. The number of halogens is 2. The van der Waals surface area contributed by atoms with Gasteiger partial charge in [-0.15, -0.1) is 0 Å². The van der Waals surface area contributed by atoms with Crippen LogP contribution in [0.5, 0.6) is 0 Å². The number of aliphatic hydroxyl groups is 1. The van der Waals surface area contributed by atoms with Crippen LogP contribution in [0.3, 0.4) is 0 Å². The van der Waals surface area contributed by atoms with Crippen molar-refractivity contribution in [2.75, 3.05) is 0 Å². The number of pyridine rings is 1. The van der Waals surface area contributed by atoms with E-state index < -0.39 is 11.6 Å². The van der Waals surface area contributed by atoms with Crippen molar-refractivity contribution in [3.63, 3.8) is 0 Å². The number of fused-ring (bicyclic) bond motifs is 2. The number of carboxylic acids is 1. The fourth-order valence-corrected chi connectivity index (χ4v) is 7.06. The quantitative estimate of drug-likeness (QED) is 0.352. The van der Waals surface area contributed by atoms with Gasteiger partial charge in [0.15, 0.2) is 0 Å². The predicted molar refractivity (Wildman–Crippen MR) is 138 cm³/mol. The summed E-state index contributed by atoms with van der Waals surface area (Å²) in [7, 11) is 0. The Bertz CT molecular complexity index is 1340. The zero-order valence-electron chi connectivity index (χ0n) is 20.4. The Hall–Kier alpha value is -2.45. The summed E-state index contributed by atoms with van der Waals surface area (Å²) in [5.74, 6) is 0.236. The van der Waals surface area contributed by atoms with E-state index >= 15 is 0 Å². The van der Waals surface area contributed by atoms with Crippen molar-refractivity contribution in [3.8, 4) is 11.3 Å². The lowest BCUT2D eigenvalue weighted by atomic mass is 9.70. The molecule has 6 rings (SSSR count). The van der Waals surface area contributed by atoms with Crippen molar-refractivity contribution in [1.29, 1.82) is 0 Å². The van der Waals surface area contributed by atoms with E-state index in [1.54, 1.807) is 18.2 Å². The molecule has 0 amide bonds. The summed E-state index contributed by atoms with van der Waals surface area (Å²) >= 11 is 13.0. The minimum Gasteiger partial charge on any atom is -0.478 e. The first-order valence-electron chi connectivity index (χ1n) is 12.7. The molecule has 3 saturated carbocycles. The summed E-state index contributed by atoms with van der Waals surface area (Å²) in [4.78, 5) is 15.9. The molecule has 9 heteroatoms. The van der Waals surface area contributed by atoms with Gasteiger partial charge in [-0.1, -0.05) is 41.3 Å². The number of benzene rings is 1. The maximum Gasteiger partial charge on any atom is 0.335 e. The van der Waals surface area contributed by atoms with Gasteiger partial charge in [0, 0.05) is 23.2 Å². The molecule has 2 N–H and O–H groups in total. The van der Waals surface area contributed by atoms with E-state index in [9.17, 15) is 15.0 Å². The molecule has 0 saturated heterocycles. The van der Waals surface area contributed by atoms with Crippen LogP contribution in [-0.2, 0) is 16.9 Å². The number of aromatic carboxylic acids is 1. The molecule has 37 heavy (non-hydrogen) atoms. The van der Waals surface area contributed by atoms with Crippen LogP contribution in [0.1, 0.15) is 72.3 Å². The third kappa shape index (κ3) is 4.26. The lowest BCUT2D eigenvalue weighted by molar-refractivity contribution is -0.122. The third-order valence-corrected chi connectivity index (χ3v) is 9.07. The Morgan fingerprint density at radius 3 is 2.62 bits per heavy atom. The molecule has 194 valence electrons. The monoisotopic (exact) mass is 542 g/mol. The highest BCUT2D eigenvalue weighted by Crippen LogP contribution is 2.58. The van der Waals surface area contributed by atoms with Gasteiger partial charge in [0.1, 0.15) is 17.1 Å². The Balaban J connectivity index is 1.25. The van der Waals surface area contributed by atoms with Crippen LogP contribution in [0.2, 0.25) is 10.0 Å². The molecule has 3 aliphatic carbocycles. The molecule has 5 atom stereocenters. The number of aromatic nitrogens is 2. The van der Waals surface area contributed by atoms with Crippen LogP contribution in [0.15, 0.2) is 41.1 Å². The predicted octanol–water partition coefficient (Wildman–Crippen LogP) is 6.46. The van der Waals surface area contributed by atoms with Gasteiger partial charge in [-0.05, 0) is 74.1 Å². The molecule has 2 heterocycles. The molecule has 3 aliphatic rings. The van der Waals surface area contributed by atoms with Crippen LogP contribution < -0.4 is 0 Å². The van der Waals surface area contributed by atoms with E-state index in [4.69, 9.17) is 32.5 Å². The minimum atomic E-state index is -1.17. The van der Waals surface area contributed by atoms with Crippen molar-refractivity contribution < 1.29 is 24.3 Å². The van der Waals surface area contributed by atoms with E-state index in [1.807, 2.05) is 0 Å². The zero-order chi connectivity index (χ0) is 25.9. The molecule has 0 aliphatic heterocycles. The first-order chi connectivity index (χ1) is 17.8. The summed E-state index contributed by atoms with van der Waals surface area (Å²) in [5, 5.41) is 26.7. The van der Waals surface area contributed by atoms with Gasteiger partial charge in [-0.3, -0.25) is 4.98 Å². The van der Waals surface area contributed by atoms with Crippen molar-refractivity contribution in [2.45, 2.75) is 63.3 Å². The van der Waals surface area contributed by atoms with Crippen molar-refractivity contribution >= 4 is 29.2 Å². The Kier molecular flexibility index (Phi) is 6.30. The molecule has 3 fully saturated rings. The number of carbonyl (C=O) groups is 1. The summed E-state index contributed by atoms with van der Waals surface area (Å²) in [5.41, 5.74) is 1.56. The summed E-state index contributed by atoms with van der Waals surface area (Å²) < 4.78 is 12.3. The van der Waals surface area contributed by atoms with E-state index in [-0.39, 0.29) is 29.4 Å². The van der Waals surface area contributed by atoms with E-state index in [0.717, 1.165) is 30.6 Å². The first-order valence-corrected chi connectivity index (χ1v) is 13.5. The molecule has 0 radical (unpaired) electrons. The van der Waals surface area contributed by atoms with Crippen molar-refractivity contribution in [1.82, 2.24) is 10.1 Å². The molecular weight excluding hydrogens is 515 g/mol. The van der Waals surface area contributed by atoms with E-state index in [1.165, 1.54) is 18.3 Å². The number of hydrogen-bond donors (Lipinski definition) is 2. The fourth-order valence-electron chi connectivity index (χ4n) is 6.48. The Morgan fingerprint density at radius 2 is 1.95 bits per heavy atom. The number of ether oxygens (including phenoxy) is 1. The van der Waals surface area contributed by atoms with Crippen LogP contribution in [0, 0.1) is 17.8 Å². The van der Waals surface area contributed by atoms with Gasteiger partial charge in [-0.2, -0.15) is 0 Å². The molecule has 3 aromatic rings. The highest BCUT2D eigenvalue weighted by atomic mass is 35.5. The standard InChI is InChI=1S/C28H28Cl2N2O5/c1-14-9-17-11-18(12-20(14)28(17,35)23-10-16(27(33)34)7-8-31-23)36-13-19-25(32-37-26(19)15-5-6-15)24-21(29)3-2-4-22(24)30/h2-4,7-8,10,14-15,17-18,20,35H,5-6,9,11-13H2,1H3,(H,33,34)/t14-,17+,18+,20+,28-/m0/s1. The lowest BCUT2D eigenvalue weighted by Crippen LogP contribution is -2.46. The van der Waals surface area contributed by atoms with Crippen LogP contribution in [-0.4, -0.2) is 32.4 Å². The number of nitrogens with zero attached hydrogens (tertiary/aromatic N) is 2. The minimum absolute atomic E-state index is 0.0700. The van der Waals surface area contributed by atoms with Gasteiger partial charge in [0.05, 0.1) is 34.0 Å². The Labute approximate surface area is 224 Å². The maximum atomic E-state index is 11.9. The number of hydrogen-bond acceptors (Lipinski definition) is 6. The highest BCUT2D eigenvalue weighted by Gasteiger charge is 2.58. The zero-order valence-corrected chi connectivity index (χ0v) is 21.9. The SMILES string of the molecule is C[C@H]1C[C@@H]2C[C@@H](OCc3c(-c4c(Cl)cccc4Cl)noc3C3CC3)C[C@H]1[C@]2(O)c1cc(C(=O)O)ccn1. The molecule has 2 bridgehead atoms. The number of rotatable bonds is 7. The number of carboxylic acid groups (broad SMARTS) is 1. The smallest absolute Gasteiger partial charge is 0.335 e. The summed E-state index contributed by atoms with van der Waals surface area (Å²) in [6.45, 7) is 2.46. The second-order valence-corrected chi connectivity index (χ2v) is 11.5. The molecule has 1 aromatic carbocycles. The van der Waals surface area contributed by atoms with Crippen molar-refractivity contribution in [2.24, 2.45) is 17.8 Å². The second kappa shape index (κ2) is 9.38. The van der Waals surface area contributed by atoms with Gasteiger partial charge in [0.2, 0.25) is 0 Å². The van der Waals surface area contributed by atoms with Crippen LogP contribution in [0.25, 0.3) is 11.3 Å². The van der Waals surface area contributed by atoms with Crippen LogP contribution >= 0.6 is 23.2 Å². The average molecular weight is 543 g/mol. The molecule has 7 nitrogen and oxygen atoms in total. The largest absolute Gasteiger partial charge is 0.478 e. The lowest BCUT2D eigenvalue weighted by Gasteiger charge is -2.42. The molecular formula is C28H28Cl2N2O5. The average Bonchev–Trinajstić information content (AvgIpc) is 3.62. The summed E-state index contributed by atoms with van der Waals surface area (Å²) in [6.07, 6.45) is 5.65. The summed E-state index contributed by atoms with van der Waals surface area (Å²) in [6, 6.07) is 8.34. The van der Waals surface area contributed by atoms with Gasteiger partial charge >= 0.3 is 5.97 Å². The van der Waals surface area contributed by atoms with E-state index in [2.05, 4.69) is 17.1 Å². The maximum absolute atomic E-state index is 11.9.